The van der Waals surface area contributed by atoms with Gasteiger partial charge in [0, 0.05) is 62.3 Å². The minimum Gasteiger partial charge on any atom is -0.338 e. The molecular weight excluding hydrogens is 302 g/mol. The second-order valence-corrected chi connectivity index (χ2v) is 6.77. The van der Waals surface area contributed by atoms with Crippen molar-refractivity contribution in [2.24, 2.45) is 7.05 Å². The van der Waals surface area contributed by atoms with E-state index in [1.165, 1.54) is 22.5 Å². The molecule has 0 fully saturated rings. The molecule has 0 aliphatic carbocycles. The van der Waals surface area contributed by atoms with Gasteiger partial charge in [0.2, 0.25) is 5.91 Å². The third-order valence-electron chi connectivity index (χ3n) is 5.14. The van der Waals surface area contributed by atoms with Gasteiger partial charge in [0.25, 0.3) is 0 Å². The van der Waals surface area contributed by atoms with Gasteiger partial charge in [-0.05, 0) is 31.4 Å². The summed E-state index contributed by atoms with van der Waals surface area (Å²) in [5.74, 6) is 1.14. The van der Waals surface area contributed by atoms with E-state index in [4.69, 9.17) is 5.10 Å². The fraction of sp³-hybridized carbons (Fsp3) is 0.500. The molecule has 0 aromatic carbocycles. The van der Waals surface area contributed by atoms with Crippen molar-refractivity contribution in [3.8, 4) is 0 Å². The molecule has 0 saturated heterocycles. The predicted molar refractivity (Wildman–Crippen MR) is 92.3 cm³/mol. The fourth-order valence-electron chi connectivity index (χ4n) is 3.84. The number of carbonyl (C=O) groups excluding carboxylic acids is 1. The van der Waals surface area contributed by atoms with Gasteiger partial charge in [-0.15, -0.1) is 0 Å². The highest BCUT2D eigenvalue weighted by atomic mass is 16.2. The molecule has 0 radical (unpaired) electrons. The maximum absolute atomic E-state index is 11.8. The Hall–Kier alpha value is -2.37. The molecule has 4 heterocycles. The van der Waals surface area contributed by atoms with Crippen LogP contribution < -0.4 is 4.90 Å². The summed E-state index contributed by atoms with van der Waals surface area (Å²) in [6.45, 7) is 6.06. The van der Waals surface area contributed by atoms with E-state index in [1.807, 2.05) is 29.7 Å². The number of hydrogen-bond donors (Lipinski definition) is 0. The topological polar surface area (TPSA) is 54.3 Å². The Bertz CT molecular complexity index is 810. The van der Waals surface area contributed by atoms with Gasteiger partial charge in [-0.2, -0.15) is 5.10 Å². The Morgan fingerprint density at radius 3 is 2.88 bits per heavy atom. The summed E-state index contributed by atoms with van der Waals surface area (Å²) in [6.07, 6.45) is 5.02. The molecule has 0 N–H and O–H groups in total. The molecule has 2 aromatic rings. The third kappa shape index (κ3) is 2.37. The molecule has 2 aliphatic rings. The van der Waals surface area contributed by atoms with Gasteiger partial charge in [0.1, 0.15) is 0 Å². The van der Waals surface area contributed by atoms with Gasteiger partial charge in [-0.1, -0.05) is 0 Å². The van der Waals surface area contributed by atoms with Crippen molar-refractivity contribution in [2.45, 2.75) is 39.7 Å². The molecule has 0 saturated carbocycles. The van der Waals surface area contributed by atoms with Crippen molar-refractivity contribution < 1.29 is 4.79 Å². The van der Waals surface area contributed by atoms with Crippen LogP contribution in [0.4, 0.5) is 11.5 Å². The number of carbonyl (C=O) groups is 1. The Labute approximate surface area is 142 Å². The summed E-state index contributed by atoms with van der Waals surface area (Å²) < 4.78 is 1.99. The lowest BCUT2D eigenvalue weighted by Gasteiger charge is -2.32. The minimum absolute atomic E-state index is 0.134. The highest BCUT2D eigenvalue weighted by Crippen LogP contribution is 2.37. The normalized spacial score (nSPS) is 16.8. The molecule has 1 amide bonds. The molecule has 2 aliphatic heterocycles. The highest BCUT2D eigenvalue weighted by molar-refractivity contribution is 5.75. The summed E-state index contributed by atoms with van der Waals surface area (Å²) in [4.78, 5) is 20.5. The largest absolute Gasteiger partial charge is 0.338 e. The van der Waals surface area contributed by atoms with Gasteiger partial charge in [0.15, 0.2) is 5.82 Å². The average molecular weight is 325 g/mol. The van der Waals surface area contributed by atoms with Crippen molar-refractivity contribution in [3.63, 3.8) is 0 Å². The van der Waals surface area contributed by atoms with E-state index in [9.17, 15) is 4.79 Å². The van der Waals surface area contributed by atoms with Crippen LogP contribution in [0.1, 0.15) is 35.9 Å². The number of rotatable bonds is 1. The monoisotopic (exact) mass is 325 g/mol. The number of aryl methyl sites for hydroxylation is 3. The van der Waals surface area contributed by atoms with Crippen LogP contribution >= 0.6 is 0 Å². The molecule has 0 spiro atoms. The van der Waals surface area contributed by atoms with E-state index in [0.717, 1.165) is 43.9 Å². The van der Waals surface area contributed by atoms with Gasteiger partial charge < -0.3 is 9.80 Å². The second kappa shape index (κ2) is 5.61. The molecule has 4 rings (SSSR count). The zero-order chi connectivity index (χ0) is 16.8. The van der Waals surface area contributed by atoms with Crippen molar-refractivity contribution in [1.82, 2.24) is 19.7 Å². The molecule has 6 heteroatoms. The Kier molecular flexibility index (Phi) is 3.55. The zero-order valence-corrected chi connectivity index (χ0v) is 14.5. The highest BCUT2D eigenvalue weighted by Gasteiger charge is 2.30. The Balaban J connectivity index is 1.80. The van der Waals surface area contributed by atoms with E-state index in [1.54, 1.807) is 6.92 Å². The van der Waals surface area contributed by atoms with Gasteiger partial charge in [-0.25, -0.2) is 0 Å². The predicted octanol–water partition coefficient (Wildman–Crippen LogP) is 2.11. The summed E-state index contributed by atoms with van der Waals surface area (Å²) in [7, 11) is 2.01. The molecule has 0 atom stereocenters. The first-order chi connectivity index (χ1) is 11.5. The Morgan fingerprint density at radius 1 is 1.25 bits per heavy atom. The average Bonchev–Trinajstić information content (AvgIpc) is 2.90. The number of pyridine rings is 1. The number of aromatic nitrogens is 3. The van der Waals surface area contributed by atoms with Crippen molar-refractivity contribution in [3.05, 3.63) is 34.8 Å². The number of fused-ring (bicyclic) bond motifs is 2. The van der Waals surface area contributed by atoms with Crippen LogP contribution in [0.3, 0.4) is 0 Å². The number of hydrogen-bond acceptors (Lipinski definition) is 4. The van der Waals surface area contributed by atoms with E-state index >= 15 is 0 Å². The minimum atomic E-state index is 0.134. The second-order valence-electron chi connectivity index (χ2n) is 6.77. The standard InChI is InChI=1S/C18H23N5O/c1-12-9-17-14(10-19-12)5-4-7-23(17)18-15-11-22(13(2)24)8-6-16(15)21(3)20-18/h9-10H,4-8,11H2,1-3H3. The lowest BCUT2D eigenvalue weighted by atomic mass is 10.0. The Morgan fingerprint density at radius 2 is 2.08 bits per heavy atom. The summed E-state index contributed by atoms with van der Waals surface area (Å²) in [6, 6.07) is 2.15. The number of nitrogens with zero attached hydrogens (tertiary/aromatic N) is 5. The van der Waals surface area contributed by atoms with E-state index in [-0.39, 0.29) is 5.91 Å². The molecule has 126 valence electrons. The lowest BCUT2D eigenvalue weighted by molar-refractivity contribution is -0.129. The van der Waals surface area contributed by atoms with Crippen LogP contribution in [0.25, 0.3) is 0 Å². The van der Waals surface area contributed by atoms with E-state index < -0.39 is 0 Å². The zero-order valence-electron chi connectivity index (χ0n) is 14.5. The van der Waals surface area contributed by atoms with E-state index in [0.29, 0.717) is 6.54 Å². The molecule has 0 unspecified atom stereocenters. The number of anilines is 2. The SMILES string of the molecule is CC(=O)N1CCc2c(c(N3CCCc4cnc(C)cc43)nn2C)C1. The summed E-state index contributed by atoms with van der Waals surface area (Å²) >= 11 is 0. The molecular formula is C18H23N5O. The van der Waals surface area contributed by atoms with Crippen molar-refractivity contribution >= 4 is 17.4 Å². The van der Waals surface area contributed by atoms with Gasteiger partial charge >= 0.3 is 0 Å². The molecule has 2 aromatic heterocycles. The first-order valence-electron chi connectivity index (χ1n) is 8.58. The van der Waals surface area contributed by atoms with Crippen LogP contribution in [-0.2, 0) is 31.2 Å². The maximum atomic E-state index is 11.8. The third-order valence-corrected chi connectivity index (χ3v) is 5.14. The van der Waals surface area contributed by atoms with Gasteiger partial charge in [0.05, 0.1) is 6.54 Å². The van der Waals surface area contributed by atoms with Crippen LogP contribution in [-0.4, -0.2) is 38.7 Å². The molecule has 6 nitrogen and oxygen atoms in total. The van der Waals surface area contributed by atoms with Crippen LogP contribution in [0.15, 0.2) is 12.3 Å². The first kappa shape index (κ1) is 15.2. The first-order valence-corrected chi connectivity index (χ1v) is 8.58. The van der Waals surface area contributed by atoms with Crippen LogP contribution in [0.5, 0.6) is 0 Å². The molecule has 0 bridgehead atoms. The van der Waals surface area contributed by atoms with Crippen LogP contribution in [0, 0.1) is 6.92 Å². The lowest BCUT2D eigenvalue weighted by Crippen LogP contribution is -2.35. The maximum Gasteiger partial charge on any atom is 0.219 e. The number of amides is 1. The quantitative estimate of drug-likeness (QED) is 0.806. The van der Waals surface area contributed by atoms with Crippen LogP contribution in [0.2, 0.25) is 0 Å². The smallest absolute Gasteiger partial charge is 0.219 e. The summed E-state index contributed by atoms with van der Waals surface area (Å²) in [5, 5.41) is 4.82. The van der Waals surface area contributed by atoms with Crippen molar-refractivity contribution in [1.29, 1.82) is 0 Å². The fourth-order valence-corrected chi connectivity index (χ4v) is 3.84. The summed E-state index contributed by atoms with van der Waals surface area (Å²) in [5.41, 5.74) is 5.97. The van der Waals surface area contributed by atoms with Crippen molar-refractivity contribution in [2.75, 3.05) is 18.0 Å². The molecule has 24 heavy (non-hydrogen) atoms. The van der Waals surface area contributed by atoms with Gasteiger partial charge in [-0.3, -0.25) is 14.5 Å². The van der Waals surface area contributed by atoms with E-state index in [2.05, 4.69) is 16.0 Å².